The molecule has 2 rings (SSSR count). The standard InChI is InChI=1S/C14H19F2N3O3/c1-18-5-7-19(8-6-18)17-13(20)10-3-4-11(22-14(15)16)12(9-10)21-2/h3-4,9,14H,5-8H2,1-2H3,(H,17,20)/p+1. The van der Waals surface area contributed by atoms with Gasteiger partial charge in [-0.3, -0.25) is 10.2 Å². The summed E-state index contributed by atoms with van der Waals surface area (Å²) in [6.07, 6.45) is 0. The minimum atomic E-state index is -2.94. The van der Waals surface area contributed by atoms with E-state index >= 15 is 0 Å². The highest BCUT2D eigenvalue weighted by atomic mass is 19.3. The van der Waals surface area contributed by atoms with Crippen LogP contribution in [0.5, 0.6) is 11.5 Å². The van der Waals surface area contributed by atoms with Crippen LogP contribution in [-0.2, 0) is 0 Å². The van der Waals surface area contributed by atoms with Gasteiger partial charge < -0.3 is 14.4 Å². The number of hydrazine groups is 1. The van der Waals surface area contributed by atoms with Crippen molar-refractivity contribution in [2.24, 2.45) is 0 Å². The number of hydrogen-bond donors (Lipinski definition) is 2. The van der Waals surface area contributed by atoms with Crippen LogP contribution in [0.4, 0.5) is 8.78 Å². The van der Waals surface area contributed by atoms with E-state index < -0.39 is 6.61 Å². The molecule has 1 heterocycles. The van der Waals surface area contributed by atoms with Crippen molar-refractivity contribution >= 4 is 5.91 Å². The van der Waals surface area contributed by atoms with Gasteiger partial charge in [-0.05, 0) is 18.2 Å². The molecule has 122 valence electrons. The summed E-state index contributed by atoms with van der Waals surface area (Å²) in [6.45, 7) is 0.486. The predicted octanol–water partition coefficient (Wildman–Crippen LogP) is -0.228. The number of carbonyl (C=O) groups is 1. The van der Waals surface area contributed by atoms with E-state index in [1.165, 1.54) is 30.2 Å². The Hall–Kier alpha value is -1.93. The van der Waals surface area contributed by atoms with E-state index in [1.54, 1.807) is 0 Å². The minimum Gasteiger partial charge on any atom is -0.493 e. The van der Waals surface area contributed by atoms with Gasteiger partial charge in [0.1, 0.15) is 0 Å². The SMILES string of the molecule is COc1cc(C(=O)NN2CC[NH+](C)CC2)ccc1OC(F)F. The molecule has 1 fully saturated rings. The number of amides is 1. The maximum atomic E-state index is 12.3. The van der Waals surface area contributed by atoms with Crippen LogP contribution in [0, 0.1) is 0 Å². The highest BCUT2D eigenvalue weighted by molar-refractivity contribution is 5.94. The zero-order valence-corrected chi connectivity index (χ0v) is 12.6. The van der Waals surface area contributed by atoms with Crippen molar-refractivity contribution in [1.82, 2.24) is 10.4 Å². The van der Waals surface area contributed by atoms with Crippen molar-refractivity contribution in [1.29, 1.82) is 0 Å². The summed E-state index contributed by atoms with van der Waals surface area (Å²) >= 11 is 0. The van der Waals surface area contributed by atoms with Gasteiger partial charge in [0.25, 0.3) is 5.91 Å². The van der Waals surface area contributed by atoms with E-state index in [0.29, 0.717) is 5.56 Å². The highest BCUT2D eigenvalue weighted by Gasteiger charge is 2.20. The van der Waals surface area contributed by atoms with Crippen molar-refractivity contribution in [3.63, 3.8) is 0 Å². The number of methoxy groups -OCH3 is 1. The topological polar surface area (TPSA) is 55.2 Å². The third-order valence-electron chi connectivity index (χ3n) is 3.52. The highest BCUT2D eigenvalue weighted by Crippen LogP contribution is 2.29. The molecule has 1 aromatic carbocycles. The van der Waals surface area contributed by atoms with Crippen LogP contribution in [0.2, 0.25) is 0 Å². The van der Waals surface area contributed by atoms with E-state index in [1.807, 2.05) is 5.01 Å². The van der Waals surface area contributed by atoms with Gasteiger partial charge >= 0.3 is 6.61 Å². The number of nitrogens with one attached hydrogen (secondary N) is 2. The van der Waals surface area contributed by atoms with Gasteiger partial charge in [0, 0.05) is 5.56 Å². The lowest BCUT2D eigenvalue weighted by atomic mass is 10.2. The Balaban J connectivity index is 2.03. The van der Waals surface area contributed by atoms with Crippen LogP contribution < -0.4 is 19.8 Å². The van der Waals surface area contributed by atoms with E-state index in [9.17, 15) is 13.6 Å². The van der Waals surface area contributed by atoms with Crippen LogP contribution in [0.1, 0.15) is 10.4 Å². The molecule has 1 saturated heterocycles. The normalized spacial score (nSPS) is 16.6. The van der Waals surface area contributed by atoms with Gasteiger partial charge in [-0.25, -0.2) is 5.01 Å². The van der Waals surface area contributed by atoms with Crippen LogP contribution in [0.3, 0.4) is 0 Å². The summed E-state index contributed by atoms with van der Waals surface area (Å²) in [5.74, 6) is -0.311. The number of rotatable bonds is 5. The predicted molar refractivity (Wildman–Crippen MR) is 75.3 cm³/mol. The molecule has 6 nitrogen and oxygen atoms in total. The second kappa shape index (κ2) is 7.37. The third-order valence-corrected chi connectivity index (χ3v) is 3.52. The number of piperazine rings is 1. The maximum Gasteiger partial charge on any atom is 0.387 e. The molecule has 0 bridgehead atoms. The number of hydrogen-bond acceptors (Lipinski definition) is 4. The molecule has 2 N–H and O–H groups in total. The number of carbonyl (C=O) groups excluding carboxylic acids is 1. The second-order valence-electron chi connectivity index (χ2n) is 5.13. The van der Waals surface area contributed by atoms with Crippen molar-refractivity contribution in [3.05, 3.63) is 23.8 Å². The van der Waals surface area contributed by atoms with Gasteiger partial charge in [0.2, 0.25) is 0 Å². The molecular weight excluding hydrogens is 296 g/mol. The molecule has 0 aromatic heterocycles. The molecule has 0 saturated carbocycles. The van der Waals surface area contributed by atoms with E-state index in [-0.39, 0.29) is 17.4 Å². The number of likely N-dealkylation sites (N-methyl/N-ethyl adjacent to an activating group) is 1. The molecule has 22 heavy (non-hydrogen) atoms. The van der Waals surface area contributed by atoms with Crippen molar-refractivity contribution in [2.75, 3.05) is 40.3 Å². The monoisotopic (exact) mass is 316 g/mol. The van der Waals surface area contributed by atoms with Crippen molar-refractivity contribution in [2.45, 2.75) is 6.61 Å². The molecule has 1 amide bonds. The Bertz CT molecular complexity index is 520. The minimum absolute atomic E-state index is 0.0933. The molecule has 0 spiro atoms. The van der Waals surface area contributed by atoms with Crippen LogP contribution in [-0.4, -0.2) is 57.9 Å². The summed E-state index contributed by atoms with van der Waals surface area (Å²) in [6, 6.07) is 4.11. The zero-order chi connectivity index (χ0) is 16.1. The summed E-state index contributed by atoms with van der Waals surface area (Å²) in [7, 11) is 3.43. The smallest absolute Gasteiger partial charge is 0.387 e. The van der Waals surface area contributed by atoms with Crippen LogP contribution in [0.15, 0.2) is 18.2 Å². The lowest BCUT2D eigenvalue weighted by Gasteiger charge is -2.30. The fourth-order valence-corrected chi connectivity index (χ4v) is 2.21. The lowest BCUT2D eigenvalue weighted by Crippen LogP contribution is -3.12. The fraction of sp³-hybridized carbons (Fsp3) is 0.500. The lowest BCUT2D eigenvalue weighted by molar-refractivity contribution is -0.884. The Labute approximate surface area is 127 Å². The molecule has 1 aliphatic rings. The number of nitrogens with zero attached hydrogens (tertiary/aromatic N) is 1. The molecule has 1 aromatic rings. The first-order chi connectivity index (χ1) is 10.5. The number of quaternary nitrogens is 1. The maximum absolute atomic E-state index is 12.3. The van der Waals surface area contributed by atoms with E-state index in [0.717, 1.165) is 26.2 Å². The Morgan fingerprint density at radius 1 is 1.32 bits per heavy atom. The zero-order valence-electron chi connectivity index (χ0n) is 12.6. The number of alkyl halides is 2. The van der Waals surface area contributed by atoms with E-state index in [2.05, 4.69) is 17.2 Å². The van der Waals surface area contributed by atoms with Gasteiger partial charge in [0.05, 0.1) is 40.3 Å². The Kier molecular flexibility index (Phi) is 5.51. The largest absolute Gasteiger partial charge is 0.493 e. The number of ether oxygens (including phenoxy) is 2. The molecule has 0 unspecified atom stereocenters. The van der Waals surface area contributed by atoms with Gasteiger partial charge in [-0.2, -0.15) is 8.78 Å². The van der Waals surface area contributed by atoms with Crippen LogP contribution in [0.25, 0.3) is 0 Å². The average molecular weight is 316 g/mol. The van der Waals surface area contributed by atoms with E-state index in [4.69, 9.17) is 4.74 Å². The summed E-state index contributed by atoms with van der Waals surface area (Å²) in [5, 5.41) is 1.85. The molecule has 1 aliphatic heterocycles. The van der Waals surface area contributed by atoms with Crippen molar-refractivity contribution in [3.8, 4) is 11.5 Å². The molecule has 8 heteroatoms. The summed E-state index contributed by atoms with van der Waals surface area (Å²) in [5.41, 5.74) is 3.13. The third kappa shape index (κ3) is 4.28. The molecular formula is C14H20F2N3O3+. The molecule has 0 atom stereocenters. The Morgan fingerprint density at radius 2 is 2.00 bits per heavy atom. The first-order valence-electron chi connectivity index (χ1n) is 6.99. The first-order valence-corrected chi connectivity index (χ1v) is 6.99. The quantitative estimate of drug-likeness (QED) is 0.788. The average Bonchev–Trinajstić information content (AvgIpc) is 2.49. The van der Waals surface area contributed by atoms with Gasteiger partial charge in [0.15, 0.2) is 11.5 Å². The fourth-order valence-electron chi connectivity index (χ4n) is 2.21. The summed E-state index contributed by atoms with van der Waals surface area (Å²) in [4.78, 5) is 13.6. The van der Waals surface area contributed by atoms with Crippen LogP contribution >= 0.6 is 0 Å². The summed E-state index contributed by atoms with van der Waals surface area (Å²) < 4.78 is 33.9. The second-order valence-corrected chi connectivity index (χ2v) is 5.13. The van der Waals surface area contributed by atoms with Crippen molar-refractivity contribution < 1.29 is 27.9 Å². The van der Waals surface area contributed by atoms with Gasteiger partial charge in [-0.1, -0.05) is 0 Å². The number of halogens is 2. The number of benzene rings is 1. The molecule has 0 aliphatic carbocycles. The van der Waals surface area contributed by atoms with Gasteiger partial charge in [-0.15, -0.1) is 0 Å². The Morgan fingerprint density at radius 3 is 2.59 bits per heavy atom. The first kappa shape index (κ1) is 16.4. The molecule has 0 radical (unpaired) electrons.